The van der Waals surface area contributed by atoms with Gasteiger partial charge in [0.25, 0.3) is 0 Å². The van der Waals surface area contributed by atoms with Gasteiger partial charge in [-0.1, -0.05) is 6.92 Å². The van der Waals surface area contributed by atoms with Crippen molar-refractivity contribution in [1.29, 1.82) is 0 Å². The van der Waals surface area contributed by atoms with Gasteiger partial charge in [0.15, 0.2) is 0 Å². The Morgan fingerprint density at radius 2 is 1.95 bits per heavy atom. The number of hydrogen-bond donors (Lipinski definition) is 1. The number of likely N-dealkylation sites (tertiary alicyclic amines) is 1. The summed E-state index contributed by atoms with van der Waals surface area (Å²) >= 11 is 0. The number of urea groups is 1. The molecule has 0 spiro atoms. The summed E-state index contributed by atoms with van der Waals surface area (Å²) in [7, 11) is 0. The van der Waals surface area contributed by atoms with Gasteiger partial charge < -0.3 is 15.1 Å². The molecule has 1 heterocycles. The van der Waals surface area contributed by atoms with Gasteiger partial charge in [0.05, 0.1) is 0 Å². The van der Waals surface area contributed by atoms with Gasteiger partial charge in [0.1, 0.15) is 0 Å². The summed E-state index contributed by atoms with van der Waals surface area (Å²) in [6.45, 7) is 10.2. The van der Waals surface area contributed by atoms with E-state index in [1.54, 1.807) is 0 Å². The number of carbonyl (C=O) groups is 1. The number of anilines is 2. The van der Waals surface area contributed by atoms with E-state index in [0.717, 1.165) is 38.3 Å². The number of piperidine rings is 1. The van der Waals surface area contributed by atoms with E-state index in [0.29, 0.717) is 5.92 Å². The molecule has 4 heteroatoms. The van der Waals surface area contributed by atoms with E-state index in [1.165, 1.54) is 12.1 Å². The van der Waals surface area contributed by atoms with Gasteiger partial charge in [0, 0.05) is 37.6 Å². The Morgan fingerprint density at radius 3 is 2.52 bits per heavy atom. The molecule has 1 aliphatic rings. The van der Waals surface area contributed by atoms with Crippen molar-refractivity contribution in [3.8, 4) is 0 Å². The molecule has 1 aromatic carbocycles. The molecule has 0 aliphatic carbocycles. The van der Waals surface area contributed by atoms with E-state index in [-0.39, 0.29) is 6.03 Å². The van der Waals surface area contributed by atoms with Crippen LogP contribution in [0.3, 0.4) is 0 Å². The summed E-state index contributed by atoms with van der Waals surface area (Å²) in [5.74, 6) is 0.606. The third-order valence-corrected chi connectivity index (χ3v) is 4.19. The van der Waals surface area contributed by atoms with Crippen molar-refractivity contribution < 1.29 is 4.79 Å². The van der Waals surface area contributed by atoms with Crippen LogP contribution >= 0.6 is 0 Å². The van der Waals surface area contributed by atoms with Crippen molar-refractivity contribution in [1.82, 2.24) is 4.90 Å². The Balaban J connectivity index is 1.95. The lowest BCUT2D eigenvalue weighted by atomic mass is 10.0. The molecule has 1 unspecified atom stereocenters. The van der Waals surface area contributed by atoms with Crippen molar-refractivity contribution in [2.24, 2.45) is 5.92 Å². The lowest BCUT2D eigenvalue weighted by Crippen LogP contribution is -2.41. The van der Waals surface area contributed by atoms with E-state index in [9.17, 15) is 4.79 Å². The average molecular weight is 289 g/mol. The van der Waals surface area contributed by atoms with Crippen LogP contribution in [0.1, 0.15) is 33.6 Å². The highest BCUT2D eigenvalue weighted by molar-refractivity contribution is 5.89. The number of rotatable bonds is 4. The Bertz CT molecular complexity index is 454. The first kappa shape index (κ1) is 15.7. The molecule has 1 aliphatic heterocycles. The molecule has 2 amide bonds. The third kappa shape index (κ3) is 4.13. The standard InChI is InChI=1S/C17H27N3O/c1-4-19(5-2)16-10-8-15(9-11-16)18-17(21)20-12-6-7-14(3)13-20/h8-11,14H,4-7,12-13H2,1-3H3,(H,18,21). The van der Waals surface area contributed by atoms with Crippen LogP contribution in [0.5, 0.6) is 0 Å². The number of hydrogen-bond acceptors (Lipinski definition) is 2. The second-order valence-electron chi connectivity index (χ2n) is 5.84. The molecule has 1 N–H and O–H groups in total. The Kier molecular flexibility index (Phi) is 5.48. The molecule has 0 saturated carbocycles. The van der Waals surface area contributed by atoms with Crippen LogP contribution in [0.4, 0.5) is 16.2 Å². The van der Waals surface area contributed by atoms with Gasteiger partial charge in [-0.2, -0.15) is 0 Å². The highest BCUT2D eigenvalue weighted by Gasteiger charge is 2.20. The van der Waals surface area contributed by atoms with E-state index >= 15 is 0 Å². The number of carbonyl (C=O) groups excluding carboxylic acids is 1. The second kappa shape index (κ2) is 7.34. The van der Waals surface area contributed by atoms with Gasteiger partial charge in [-0.15, -0.1) is 0 Å². The molecular formula is C17H27N3O. The predicted molar refractivity (Wildman–Crippen MR) is 89.0 cm³/mol. The van der Waals surface area contributed by atoms with E-state index in [2.05, 4.69) is 43.1 Å². The monoisotopic (exact) mass is 289 g/mol. The topological polar surface area (TPSA) is 35.6 Å². The zero-order valence-electron chi connectivity index (χ0n) is 13.4. The average Bonchev–Trinajstić information content (AvgIpc) is 2.50. The van der Waals surface area contributed by atoms with Gasteiger partial charge in [-0.05, 0) is 56.9 Å². The van der Waals surface area contributed by atoms with Crippen molar-refractivity contribution >= 4 is 17.4 Å². The maximum Gasteiger partial charge on any atom is 0.321 e. The van der Waals surface area contributed by atoms with Gasteiger partial charge in [-0.3, -0.25) is 0 Å². The molecule has 116 valence electrons. The fourth-order valence-corrected chi connectivity index (χ4v) is 2.92. The normalized spacial score (nSPS) is 18.4. The molecule has 1 atom stereocenters. The van der Waals surface area contributed by atoms with Crippen molar-refractivity contribution in [3.63, 3.8) is 0 Å². The fourth-order valence-electron chi connectivity index (χ4n) is 2.92. The van der Waals surface area contributed by atoms with Crippen LogP contribution in [0.2, 0.25) is 0 Å². The van der Waals surface area contributed by atoms with Crippen molar-refractivity contribution in [2.75, 3.05) is 36.4 Å². The zero-order chi connectivity index (χ0) is 15.2. The summed E-state index contributed by atoms with van der Waals surface area (Å²) in [5.41, 5.74) is 2.07. The van der Waals surface area contributed by atoms with E-state index in [4.69, 9.17) is 0 Å². The van der Waals surface area contributed by atoms with Crippen LogP contribution in [0.25, 0.3) is 0 Å². The molecule has 1 aromatic rings. The minimum Gasteiger partial charge on any atom is -0.372 e. The SMILES string of the molecule is CCN(CC)c1ccc(NC(=O)N2CCCC(C)C2)cc1. The highest BCUT2D eigenvalue weighted by atomic mass is 16.2. The molecular weight excluding hydrogens is 262 g/mol. The number of nitrogens with one attached hydrogen (secondary N) is 1. The molecule has 0 radical (unpaired) electrons. The van der Waals surface area contributed by atoms with Gasteiger partial charge in [0.2, 0.25) is 0 Å². The maximum absolute atomic E-state index is 12.2. The Labute approximate surface area is 128 Å². The summed E-state index contributed by atoms with van der Waals surface area (Å²) in [4.78, 5) is 16.5. The van der Waals surface area contributed by atoms with Gasteiger partial charge >= 0.3 is 6.03 Å². The largest absolute Gasteiger partial charge is 0.372 e. The molecule has 4 nitrogen and oxygen atoms in total. The molecule has 21 heavy (non-hydrogen) atoms. The smallest absolute Gasteiger partial charge is 0.321 e. The summed E-state index contributed by atoms with van der Waals surface area (Å²) in [5, 5.41) is 3.00. The van der Waals surface area contributed by atoms with Crippen LogP contribution in [0.15, 0.2) is 24.3 Å². The second-order valence-corrected chi connectivity index (χ2v) is 5.84. The minimum absolute atomic E-state index is 0.0251. The maximum atomic E-state index is 12.2. The molecule has 0 aromatic heterocycles. The first-order chi connectivity index (χ1) is 10.1. The van der Waals surface area contributed by atoms with Crippen LogP contribution in [-0.4, -0.2) is 37.1 Å². The van der Waals surface area contributed by atoms with Crippen LogP contribution < -0.4 is 10.2 Å². The van der Waals surface area contributed by atoms with Crippen molar-refractivity contribution in [3.05, 3.63) is 24.3 Å². The van der Waals surface area contributed by atoms with Crippen LogP contribution in [0, 0.1) is 5.92 Å². The lowest BCUT2D eigenvalue weighted by molar-refractivity contribution is 0.182. The van der Waals surface area contributed by atoms with Crippen LogP contribution in [-0.2, 0) is 0 Å². The van der Waals surface area contributed by atoms with Crippen molar-refractivity contribution in [2.45, 2.75) is 33.6 Å². The van der Waals surface area contributed by atoms with Gasteiger partial charge in [-0.25, -0.2) is 4.79 Å². The summed E-state index contributed by atoms with van der Waals surface area (Å²) < 4.78 is 0. The number of amides is 2. The summed E-state index contributed by atoms with van der Waals surface area (Å²) in [6.07, 6.45) is 2.33. The molecule has 0 bridgehead atoms. The van der Waals surface area contributed by atoms with E-state index in [1.807, 2.05) is 17.0 Å². The molecule has 2 rings (SSSR count). The highest BCUT2D eigenvalue weighted by Crippen LogP contribution is 2.20. The molecule has 1 saturated heterocycles. The zero-order valence-corrected chi connectivity index (χ0v) is 13.4. The number of benzene rings is 1. The first-order valence-electron chi connectivity index (χ1n) is 8.05. The minimum atomic E-state index is 0.0251. The fraction of sp³-hybridized carbons (Fsp3) is 0.588. The third-order valence-electron chi connectivity index (χ3n) is 4.19. The predicted octanol–water partition coefficient (Wildman–Crippen LogP) is 3.80. The lowest BCUT2D eigenvalue weighted by Gasteiger charge is -2.31. The van der Waals surface area contributed by atoms with E-state index < -0.39 is 0 Å². The number of nitrogens with zero attached hydrogens (tertiary/aromatic N) is 2. The first-order valence-corrected chi connectivity index (χ1v) is 8.05. The Hall–Kier alpha value is -1.71. The summed E-state index contributed by atoms with van der Waals surface area (Å²) in [6, 6.07) is 8.14. The Morgan fingerprint density at radius 1 is 1.29 bits per heavy atom. The quantitative estimate of drug-likeness (QED) is 0.915. The molecule has 1 fully saturated rings.